The third kappa shape index (κ3) is 12.2. The fraction of sp³-hybridized carbons (Fsp3) is 0. The van der Waals surface area contributed by atoms with Gasteiger partial charge in [-0.15, -0.1) is 0 Å². The van der Waals surface area contributed by atoms with Gasteiger partial charge in [-0.25, -0.2) is 24.3 Å². The van der Waals surface area contributed by atoms with Crippen LogP contribution in [0.1, 0.15) is 0 Å². The van der Waals surface area contributed by atoms with E-state index in [1.807, 2.05) is 60.7 Å². The van der Waals surface area contributed by atoms with Crippen LogP contribution in [-0.2, 0) is 50.3 Å². The van der Waals surface area contributed by atoms with Gasteiger partial charge < -0.3 is 0 Å². The van der Waals surface area contributed by atoms with E-state index in [9.17, 15) is 0 Å². The van der Waals surface area contributed by atoms with Crippen LogP contribution in [0.3, 0.4) is 0 Å². The molecular formula is C10H10Co3. The molecule has 0 nitrogen and oxygen atoms in total. The molecule has 13 heavy (non-hydrogen) atoms. The van der Waals surface area contributed by atoms with Crippen molar-refractivity contribution in [1.82, 2.24) is 0 Å². The van der Waals surface area contributed by atoms with Crippen molar-refractivity contribution >= 4 is 0 Å². The normalized spacial score (nSPS) is 6.15. The van der Waals surface area contributed by atoms with E-state index < -0.39 is 0 Å². The minimum atomic E-state index is 0. The molecule has 3 heteroatoms. The van der Waals surface area contributed by atoms with Crippen molar-refractivity contribution in [3.8, 4) is 0 Å². The SMILES string of the molecule is [Co+2].[Co].[Co].c1cc[cH-]c1.c1cc[cH-]c1. The maximum Gasteiger partial charge on any atom is 2.00 e. The van der Waals surface area contributed by atoms with Crippen molar-refractivity contribution in [1.29, 1.82) is 0 Å². The Labute approximate surface area is 110 Å². The Morgan fingerprint density at radius 3 is 0.846 bits per heavy atom. The summed E-state index contributed by atoms with van der Waals surface area (Å²) >= 11 is 0. The van der Waals surface area contributed by atoms with Crippen molar-refractivity contribution < 1.29 is 50.3 Å². The van der Waals surface area contributed by atoms with Gasteiger partial charge in [0, 0.05) is 33.6 Å². The third-order valence-electron chi connectivity index (χ3n) is 1.11. The van der Waals surface area contributed by atoms with Gasteiger partial charge in [0.05, 0.1) is 0 Å². The second kappa shape index (κ2) is 14.7. The van der Waals surface area contributed by atoms with Crippen molar-refractivity contribution in [3.63, 3.8) is 0 Å². The van der Waals surface area contributed by atoms with Crippen LogP contribution in [0.4, 0.5) is 0 Å². The van der Waals surface area contributed by atoms with E-state index >= 15 is 0 Å². The molecule has 0 atom stereocenters. The predicted octanol–water partition coefficient (Wildman–Crippen LogP) is 2.80. The van der Waals surface area contributed by atoms with Crippen LogP contribution < -0.4 is 0 Å². The van der Waals surface area contributed by atoms with E-state index in [-0.39, 0.29) is 50.3 Å². The predicted molar refractivity (Wildman–Crippen MR) is 44.1 cm³/mol. The summed E-state index contributed by atoms with van der Waals surface area (Å²) in [5, 5.41) is 0. The monoisotopic (exact) mass is 307 g/mol. The zero-order valence-electron chi connectivity index (χ0n) is 6.77. The maximum absolute atomic E-state index is 2.00. The molecule has 0 amide bonds. The Bertz CT molecular complexity index is 149. The first kappa shape index (κ1) is 18.9. The minimum Gasteiger partial charge on any atom is -0.214 e. The summed E-state index contributed by atoms with van der Waals surface area (Å²) in [5.41, 5.74) is 0. The Balaban J connectivity index is -0.000000125. The van der Waals surface area contributed by atoms with Crippen LogP contribution in [0.15, 0.2) is 60.7 Å². The number of hydrogen-bond donors (Lipinski definition) is 0. The smallest absolute Gasteiger partial charge is 0.214 e. The first-order valence-electron chi connectivity index (χ1n) is 3.33. The van der Waals surface area contributed by atoms with Crippen LogP contribution in [0, 0.1) is 0 Å². The molecule has 0 saturated heterocycles. The van der Waals surface area contributed by atoms with Gasteiger partial charge in [0.2, 0.25) is 0 Å². The van der Waals surface area contributed by atoms with Gasteiger partial charge in [-0.3, -0.25) is 0 Å². The molecule has 3 radical (unpaired) electrons. The van der Waals surface area contributed by atoms with Crippen LogP contribution >= 0.6 is 0 Å². The van der Waals surface area contributed by atoms with Gasteiger partial charge in [0.25, 0.3) is 0 Å². The van der Waals surface area contributed by atoms with E-state index in [0.29, 0.717) is 0 Å². The molecule has 0 heterocycles. The maximum atomic E-state index is 2.00. The zero-order chi connectivity index (χ0) is 7.07. The van der Waals surface area contributed by atoms with Gasteiger partial charge in [0.15, 0.2) is 0 Å². The summed E-state index contributed by atoms with van der Waals surface area (Å²) < 4.78 is 0. The Kier molecular flexibility index (Phi) is 21.4. The Hall–Kier alpha value is 0.219. The van der Waals surface area contributed by atoms with E-state index in [1.54, 1.807) is 0 Å². The van der Waals surface area contributed by atoms with E-state index in [0.717, 1.165) is 0 Å². The van der Waals surface area contributed by atoms with Crippen LogP contribution in [0.25, 0.3) is 0 Å². The fourth-order valence-electron chi connectivity index (χ4n) is 0.642. The molecule has 0 spiro atoms. The fourth-order valence-corrected chi connectivity index (χ4v) is 0.642. The molecule has 2 rings (SSSR count). The zero-order valence-corrected chi connectivity index (χ0v) is 9.90. The molecule has 0 bridgehead atoms. The molecule has 0 aromatic heterocycles. The van der Waals surface area contributed by atoms with Crippen molar-refractivity contribution in [2.75, 3.05) is 0 Å². The average molecular weight is 307 g/mol. The largest absolute Gasteiger partial charge is 2.00 e. The molecule has 0 aliphatic rings. The molecule has 0 saturated carbocycles. The van der Waals surface area contributed by atoms with E-state index in [1.165, 1.54) is 0 Å². The second-order valence-corrected chi connectivity index (χ2v) is 1.92. The van der Waals surface area contributed by atoms with Crippen LogP contribution in [0.5, 0.6) is 0 Å². The summed E-state index contributed by atoms with van der Waals surface area (Å²) in [6.45, 7) is 0. The summed E-state index contributed by atoms with van der Waals surface area (Å²) in [4.78, 5) is 0. The summed E-state index contributed by atoms with van der Waals surface area (Å²) in [6.07, 6.45) is 0. The molecule has 2 aromatic rings. The molecule has 0 fully saturated rings. The topological polar surface area (TPSA) is 0 Å². The first-order chi connectivity index (χ1) is 5.00. The standard InChI is InChI=1S/2C5H5.3Co/c2*1-2-4-5-3-1;;;/h2*1-5H;;;/q2*-1;;;+2. The molecular weight excluding hydrogens is 297 g/mol. The van der Waals surface area contributed by atoms with Gasteiger partial charge in [0.1, 0.15) is 0 Å². The van der Waals surface area contributed by atoms with Crippen LogP contribution in [-0.4, -0.2) is 0 Å². The Morgan fingerprint density at radius 2 is 0.769 bits per heavy atom. The summed E-state index contributed by atoms with van der Waals surface area (Å²) in [6, 6.07) is 20.0. The average Bonchev–Trinajstić information content (AvgIpc) is 2.67. The number of rotatable bonds is 0. The van der Waals surface area contributed by atoms with Crippen molar-refractivity contribution in [3.05, 3.63) is 60.7 Å². The van der Waals surface area contributed by atoms with Gasteiger partial charge in [-0.1, -0.05) is 0 Å². The first-order valence-corrected chi connectivity index (χ1v) is 3.33. The van der Waals surface area contributed by atoms with Crippen LogP contribution in [0.2, 0.25) is 0 Å². The minimum absolute atomic E-state index is 0. The third-order valence-corrected chi connectivity index (χ3v) is 1.11. The quantitative estimate of drug-likeness (QED) is 0.657. The Morgan fingerprint density at radius 1 is 0.538 bits per heavy atom. The summed E-state index contributed by atoms with van der Waals surface area (Å²) in [7, 11) is 0. The molecule has 2 aromatic carbocycles. The molecule has 0 aliphatic heterocycles. The number of hydrogen-bond acceptors (Lipinski definition) is 0. The summed E-state index contributed by atoms with van der Waals surface area (Å²) in [5.74, 6) is 0. The molecule has 0 N–H and O–H groups in total. The van der Waals surface area contributed by atoms with E-state index in [4.69, 9.17) is 0 Å². The van der Waals surface area contributed by atoms with Gasteiger partial charge >= 0.3 is 16.8 Å². The van der Waals surface area contributed by atoms with Crippen molar-refractivity contribution in [2.45, 2.75) is 0 Å². The molecule has 0 unspecified atom stereocenters. The van der Waals surface area contributed by atoms with Gasteiger partial charge in [-0.2, -0.15) is 36.4 Å². The second-order valence-electron chi connectivity index (χ2n) is 1.92. The van der Waals surface area contributed by atoms with E-state index in [2.05, 4.69) is 0 Å². The molecule has 77 valence electrons. The van der Waals surface area contributed by atoms with Crippen molar-refractivity contribution in [2.24, 2.45) is 0 Å². The molecule has 0 aliphatic carbocycles. The van der Waals surface area contributed by atoms with Gasteiger partial charge in [-0.05, 0) is 0 Å².